The van der Waals surface area contributed by atoms with Crippen molar-refractivity contribution < 1.29 is 14.7 Å². The van der Waals surface area contributed by atoms with Crippen molar-refractivity contribution in [1.29, 1.82) is 0 Å². The van der Waals surface area contributed by atoms with Gasteiger partial charge >= 0.3 is 0 Å². The van der Waals surface area contributed by atoms with Crippen molar-refractivity contribution in [2.45, 2.75) is 25.8 Å². The summed E-state index contributed by atoms with van der Waals surface area (Å²) in [7, 11) is 1.86. The second-order valence-electron chi connectivity index (χ2n) is 8.64. The molecule has 0 unspecified atom stereocenters. The first-order chi connectivity index (χ1) is 16.0. The number of anilines is 2. The Hall–Kier alpha value is -2.21. The van der Waals surface area contributed by atoms with Crippen molar-refractivity contribution in [3.63, 3.8) is 0 Å². The lowest BCUT2D eigenvalue weighted by atomic mass is 10.0. The van der Waals surface area contributed by atoms with E-state index in [2.05, 4.69) is 26.9 Å². The third-order valence-electron chi connectivity index (χ3n) is 6.59. The summed E-state index contributed by atoms with van der Waals surface area (Å²) < 4.78 is 0. The molecular weight excluding hydrogens is 442 g/mol. The minimum Gasteiger partial charge on any atom is -0.395 e. The van der Waals surface area contributed by atoms with E-state index in [4.69, 9.17) is 9.97 Å². The molecule has 0 bridgehead atoms. The van der Waals surface area contributed by atoms with Crippen molar-refractivity contribution in [1.82, 2.24) is 25.1 Å². The molecule has 3 saturated heterocycles. The molecule has 1 aromatic heterocycles. The molecule has 180 valence electrons. The molecule has 0 spiro atoms. The van der Waals surface area contributed by atoms with Crippen molar-refractivity contribution in [2.24, 2.45) is 0 Å². The van der Waals surface area contributed by atoms with E-state index in [0.717, 1.165) is 44.5 Å². The molecule has 0 aromatic carbocycles. The van der Waals surface area contributed by atoms with Crippen LogP contribution in [0, 0.1) is 0 Å². The molecule has 33 heavy (non-hydrogen) atoms. The smallest absolute Gasteiger partial charge is 0.290 e. The Labute approximate surface area is 199 Å². The molecule has 0 atom stereocenters. The third kappa shape index (κ3) is 5.84. The number of piperidine rings is 1. The zero-order valence-corrected chi connectivity index (χ0v) is 20.2. The van der Waals surface area contributed by atoms with Crippen molar-refractivity contribution in [3.05, 3.63) is 16.7 Å². The Morgan fingerprint density at radius 1 is 1.18 bits per heavy atom. The number of piperazine rings is 1. The van der Waals surface area contributed by atoms with Gasteiger partial charge in [0.1, 0.15) is 5.82 Å². The lowest BCUT2D eigenvalue weighted by Gasteiger charge is -2.42. The second-order valence-corrected chi connectivity index (χ2v) is 9.65. The van der Waals surface area contributed by atoms with E-state index in [1.54, 1.807) is 12.1 Å². The summed E-state index contributed by atoms with van der Waals surface area (Å²) in [6.07, 6.45) is 4.08. The molecule has 3 fully saturated rings. The molecule has 3 aliphatic heterocycles. The molecule has 1 aromatic rings. The highest BCUT2D eigenvalue weighted by atomic mass is 32.2. The molecule has 2 N–H and O–H groups in total. The Kier molecular flexibility index (Phi) is 7.84. The predicted molar refractivity (Wildman–Crippen MR) is 130 cm³/mol. The van der Waals surface area contributed by atoms with Crippen LogP contribution >= 0.6 is 11.8 Å². The number of hydrogen-bond acceptors (Lipinski definition) is 10. The summed E-state index contributed by atoms with van der Waals surface area (Å²) in [6, 6.07) is 2.43. The van der Waals surface area contributed by atoms with Crippen LogP contribution in [0.3, 0.4) is 0 Å². The Morgan fingerprint density at radius 3 is 2.52 bits per heavy atom. The van der Waals surface area contributed by atoms with E-state index in [1.807, 2.05) is 11.9 Å². The number of thioether (sulfide) groups is 1. The first-order valence-electron chi connectivity index (χ1n) is 11.6. The van der Waals surface area contributed by atoms with Crippen LogP contribution in [-0.4, -0.2) is 108 Å². The Morgan fingerprint density at radius 2 is 1.91 bits per heavy atom. The number of aliphatic hydroxyl groups is 1. The molecule has 0 radical (unpaired) electrons. The van der Waals surface area contributed by atoms with Crippen LogP contribution in [0.1, 0.15) is 25.5 Å². The molecule has 0 saturated carbocycles. The summed E-state index contributed by atoms with van der Waals surface area (Å²) in [5.41, 5.74) is 0.571. The fourth-order valence-corrected chi connectivity index (χ4v) is 5.23. The summed E-state index contributed by atoms with van der Waals surface area (Å²) in [5.74, 6) is 0.877. The summed E-state index contributed by atoms with van der Waals surface area (Å²) >= 11 is 0.876. The van der Waals surface area contributed by atoms with Gasteiger partial charge in [-0.1, -0.05) is 6.92 Å². The van der Waals surface area contributed by atoms with Gasteiger partial charge in [0.15, 0.2) is 0 Å². The van der Waals surface area contributed by atoms with Gasteiger partial charge < -0.3 is 19.8 Å². The van der Waals surface area contributed by atoms with E-state index in [9.17, 15) is 14.7 Å². The first-order valence-corrected chi connectivity index (χ1v) is 12.5. The van der Waals surface area contributed by atoms with Crippen LogP contribution in [0.4, 0.5) is 16.6 Å². The van der Waals surface area contributed by atoms with Crippen LogP contribution in [0.2, 0.25) is 0 Å². The van der Waals surface area contributed by atoms with E-state index in [-0.39, 0.29) is 11.8 Å². The molecule has 2 amide bonds. The summed E-state index contributed by atoms with van der Waals surface area (Å²) in [5, 5.41) is 11.3. The van der Waals surface area contributed by atoms with Crippen molar-refractivity contribution in [2.75, 3.05) is 75.8 Å². The Bertz CT molecular complexity index is 896. The minimum atomic E-state index is -0.404. The zero-order valence-electron chi connectivity index (χ0n) is 19.4. The second kappa shape index (κ2) is 10.8. The number of rotatable bonds is 7. The molecular formula is C22H33N7O3S. The average molecular weight is 476 g/mol. The molecule has 10 nitrogen and oxygen atoms in total. The number of nitrogens with one attached hydrogen (secondary N) is 1. The quantitative estimate of drug-likeness (QED) is 0.551. The fourth-order valence-electron chi connectivity index (χ4n) is 4.56. The van der Waals surface area contributed by atoms with Gasteiger partial charge in [0.2, 0.25) is 5.95 Å². The van der Waals surface area contributed by atoms with Crippen molar-refractivity contribution in [3.8, 4) is 0 Å². The normalized spacial score (nSPS) is 22.3. The number of aliphatic hydroxyl groups excluding tert-OH is 1. The number of carbonyl (C=O) groups excluding carboxylic acids is 2. The highest BCUT2D eigenvalue weighted by molar-refractivity contribution is 8.18. The maximum absolute atomic E-state index is 12.0. The van der Waals surface area contributed by atoms with Gasteiger partial charge in [0, 0.05) is 51.9 Å². The van der Waals surface area contributed by atoms with Gasteiger partial charge in [-0.25, -0.2) is 4.98 Å². The molecule has 11 heteroatoms. The predicted octanol–water partition coefficient (Wildman–Crippen LogP) is 0.835. The highest BCUT2D eigenvalue weighted by Crippen LogP contribution is 2.27. The SMILES string of the molecule is CCN1CCC(N2CCN(c3nc(C=C4SC(=O)NC4=O)cc(N(C)CCO)n3)CC2)CC1. The molecule has 3 aliphatic rings. The Balaban J connectivity index is 1.48. The number of hydrogen-bond donors (Lipinski definition) is 2. The van der Waals surface area contributed by atoms with Crippen LogP contribution in [0.15, 0.2) is 11.0 Å². The van der Waals surface area contributed by atoms with Crippen molar-refractivity contribution >= 4 is 40.8 Å². The summed E-state index contributed by atoms with van der Waals surface area (Å²) in [4.78, 5) is 42.4. The third-order valence-corrected chi connectivity index (χ3v) is 7.40. The van der Waals surface area contributed by atoms with E-state index >= 15 is 0 Å². The average Bonchev–Trinajstić information content (AvgIpc) is 3.15. The van der Waals surface area contributed by atoms with Gasteiger partial charge in [0.25, 0.3) is 11.1 Å². The standard InChI is InChI=1S/C22H33N7O3S/c1-3-27-6-4-17(5-7-27)28-8-10-29(11-9-28)21-23-16(14-18-20(31)25-22(32)33-18)15-19(24-21)26(2)12-13-30/h14-15,17,30H,3-13H2,1-2H3,(H,25,31,32). The van der Waals surface area contributed by atoms with Crippen LogP contribution in [0.25, 0.3) is 6.08 Å². The number of amides is 2. The summed E-state index contributed by atoms with van der Waals surface area (Å²) in [6.45, 7) is 9.78. The van der Waals surface area contributed by atoms with Gasteiger partial charge in [-0.15, -0.1) is 0 Å². The van der Waals surface area contributed by atoms with Gasteiger partial charge in [0.05, 0.1) is 17.2 Å². The highest BCUT2D eigenvalue weighted by Gasteiger charge is 2.29. The molecule has 4 rings (SSSR count). The molecule has 4 heterocycles. The largest absolute Gasteiger partial charge is 0.395 e. The lowest BCUT2D eigenvalue weighted by molar-refractivity contribution is -0.115. The number of carbonyl (C=O) groups is 2. The van der Waals surface area contributed by atoms with Gasteiger partial charge in [-0.3, -0.25) is 19.8 Å². The topological polar surface area (TPSA) is 105 Å². The van der Waals surface area contributed by atoms with Crippen LogP contribution in [-0.2, 0) is 4.79 Å². The number of aromatic nitrogens is 2. The monoisotopic (exact) mass is 475 g/mol. The van der Waals surface area contributed by atoms with E-state index in [0.29, 0.717) is 35.0 Å². The first kappa shape index (κ1) is 23.9. The van der Waals surface area contributed by atoms with Gasteiger partial charge in [-0.2, -0.15) is 4.98 Å². The number of nitrogens with zero attached hydrogens (tertiary/aromatic N) is 6. The number of imide groups is 1. The fraction of sp³-hybridized carbons (Fsp3) is 0.636. The maximum atomic E-state index is 12.0. The zero-order chi connectivity index (χ0) is 23.4. The van der Waals surface area contributed by atoms with E-state index in [1.165, 1.54) is 25.9 Å². The number of likely N-dealkylation sites (tertiary alicyclic amines) is 1. The van der Waals surface area contributed by atoms with E-state index < -0.39 is 5.91 Å². The van der Waals surface area contributed by atoms with Crippen LogP contribution in [0.5, 0.6) is 0 Å². The van der Waals surface area contributed by atoms with Gasteiger partial charge in [-0.05, 0) is 50.3 Å². The van der Waals surface area contributed by atoms with Crippen LogP contribution < -0.4 is 15.1 Å². The maximum Gasteiger partial charge on any atom is 0.290 e. The number of likely N-dealkylation sites (N-methyl/N-ethyl adjacent to an activating group) is 1. The minimum absolute atomic E-state index is 0.00847. The lowest BCUT2D eigenvalue weighted by Crippen LogP contribution is -2.53. The molecule has 0 aliphatic carbocycles.